The van der Waals surface area contributed by atoms with Gasteiger partial charge in [0.2, 0.25) is 0 Å². The average Bonchev–Trinajstić information content (AvgIpc) is 2.37. The predicted molar refractivity (Wildman–Crippen MR) is 39.4 cm³/mol. The Labute approximate surface area is 59.2 Å². The van der Waals surface area contributed by atoms with Crippen molar-refractivity contribution in [1.82, 2.24) is 0 Å². The first kappa shape index (κ1) is 7.35. The number of hydrogen-bond acceptors (Lipinski definition) is 2. The fraction of sp³-hybridized carbons (Fsp3) is 1.00. The van der Waals surface area contributed by atoms with Crippen LogP contribution in [0.25, 0.3) is 0 Å². The van der Waals surface area contributed by atoms with Crippen LogP contribution < -0.4 is 5.73 Å². The van der Waals surface area contributed by atoms with E-state index in [9.17, 15) is 4.39 Å². The van der Waals surface area contributed by atoms with Gasteiger partial charge in [-0.3, -0.25) is 0 Å². The topological polar surface area (TPSA) is 26.0 Å². The lowest BCUT2D eigenvalue weighted by molar-refractivity contribution is 0.254. The minimum absolute atomic E-state index is 0.200. The lowest BCUT2D eigenvalue weighted by Gasteiger charge is -2.10. The Bertz CT molecular complexity index is 83.1. The van der Waals surface area contributed by atoms with Crippen molar-refractivity contribution >= 4 is 11.8 Å². The maximum absolute atomic E-state index is 12.7. The van der Waals surface area contributed by atoms with E-state index in [0.717, 1.165) is 17.9 Å². The van der Waals surface area contributed by atoms with Crippen LogP contribution in [0.15, 0.2) is 0 Å². The van der Waals surface area contributed by atoms with Crippen molar-refractivity contribution in [2.75, 3.05) is 18.1 Å². The second-order valence-corrected chi connectivity index (χ2v) is 3.53. The first-order chi connectivity index (χ1) is 4.34. The minimum atomic E-state index is -0.750. The van der Waals surface area contributed by atoms with Gasteiger partial charge in [-0.1, -0.05) is 0 Å². The number of alkyl halides is 1. The molecule has 0 aliphatic carbocycles. The van der Waals surface area contributed by atoms with Crippen LogP contribution in [0.4, 0.5) is 4.39 Å². The molecule has 1 nitrogen and oxygen atoms in total. The zero-order valence-electron chi connectivity index (χ0n) is 5.35. The van der Waals surface area contributed by atoms with Crippen molar-refractivity contribution in [1.29, 1.82) is 0 Å². The molecule has 0 spiro atoms. The SMILES string of the molecule is NCC(F)C1CCSC1. The smallest absolute Gasteiger partial charge is 0.116 e. The monoisotopic (exact) mass is 149 g/mol. The van der Waals surface area contributed by atoms with Crippen LogP contribution in [0, 0.1) is 5.92 Å². The summed E-state index contributed by atoms with van der Waals surface area (Å²) < 4.78 is 12.7. The van der Waals surface area contributed by atoms with E-state index >= 15 is 0 Å². The van der Waals surface area contributed by atoms with Crippen LogP contribution in [-0.4, -0.2) is 24.2 Å². The normalized spacial score (nSPS) is 30.7. The number of rotatable bonds is 2. The summed E-state index contributed by atoms with van der Waals surface area (Å²) in [5.41, 5.74) is 5.17. The Hall–Kier alpha value is 0.240. The molecule has 0 saturated carbocycles. The van der Waals surface area contributed by atoms with Crippen LogP contribution in [-0.2, 0) is 0 Å². The maximum Gasteiger partial charge on any atom is 0.116 e. The van der Waals surface area contributed by atoms with E-state index in [1.54, 1.807) is 0 Å². The van der Waals surface area contributed by atoms with Gasteiger partial charge in [0.25, 0.3) is 0 Å². The van der Waals surface area contributed by atoms with E-state index in [1.165, 1.54) is 0 Å². The molecule has 9 heavy (non-hydrogen) atoms. The third-order valence-corrected chi connectivity index (χ3v) is 2.89. The van der Waals surface area contributed by atoms with E-state index < -0.39 is 6.17 Å². The molecular weight excluding hydrogens is 137 g/mol. The van der Waals surface area contributed by atoms with Crippen LogP contribution in [0.1, 0.15) is 6.42 Å². The molecular formula is C6H12FNS. The van der Waals surface area contributed by atoms with E-state index in [4.69, 9.17) is 5.73 Å². The second-order valence-electron chi connectivity index (χ2n) is 2.38. The van der Waals surface area contributed by atoms with Gasteiger partial charge in [-0.25, -0.2) is 4.39 Å². The molecule has 1 aliphatic heterocycles. The van der Waals surface area contributed by atoms with Gasteiger partial charge in [-0.2, -0.15) is 11.8 Å². The van der Waals surface area contributed by atoms with E-state index in [0.29, 0.717) is 0 Å². The third kappa shape index (κ3) is 1.83. The van der Waals surface area contributed by atoms with Gasteiger partial charge in [0.1, 0.15) is 6.17 Å². The predicted octanol–water partition coefficient (Wildman–Crippen LogP) is 1.04. The summed E-state index contributed by atoms with van der Waals surface area (Å²) in [6, 6.07) is 0. The summed E-state index contributed by atoms with van der Waals surface area (Å²) in [5.74, 6) is 2.34. The highest BCUT2D eigenvalue weighted by Crippen LogP contribution is 2.27. The highest BCUT2D eigenvalue weighted by molar-refractivity contribution is 7.99. The molecule has 0 aromatic rings. The Morgan fingerprint density at radius 1 is 1.78 bits per heavy atom. The second kappa shape index (κ2) is 3.42. The molecule has 3 heteroatoms. The molecule has 1 aliphatic rings. The van der Waals surface area contributed by atoms with E-state index in [2.05, 4.69) is 0 Å². The van der Waals surface area contributed by atoms with Crippen molar-refractivity contribution in [2.24, 2.45) is 11.7 Å². The number of hydrogen-bond donors (Lipinski definition) is 1. The highest BCUT2D eigenvalue weighted by Gasteiger charge is 2.23. The minimum Gasteiger partial charge on any atom is -0.328 e. The molecule has 0 aromatic carbocycles. The van der Waals surface area contributed by atoms with Crippen molar-refractivity contribution in [3.8, 4) is 0 Å². The average molecular weight is 149 g/mol. The summed E-state index contributed by atoms with van der Waals surface area (Å²) in [7, 11) is 0. The van der Waals surface area contributed by atoms with Gasteiger partial charge in [0.05, 0.1) is 0 Å². The Morgan fingerprint density at radius 3 is 3.00 bits per heavy atom. The summed E-state index contributed by atoms with van der Waals surface area (Å²) >= 11 is 1.83. The highest BCUT2D eigenvalue weighted by atomic mass is 32.2. The Kier molecular flexibility index (Phi) is 2.79. The van der Waals surface area contributed by atoms with Gasteiger partial charge in [0, 0.05) is 12.5 Å². The zero-order chi connectivity index (χ0) is 6.69. The summed E-state index contributed by atoms with van der Waals surface area (Å²) in [4.78, 5) is 0. The van der Waals surface area contributed by atoms with Crippen molar-refractivity contribution in [2.45, 2.75) is 12.6 Å². The molecule has 0 amide bonds. The molecule has 0 aromatic heterocycles. The molecule has 2 atom stereocenters. The fourth-order valence-electron chi connectivity index (χ4n) is 1.03. The van der Waals surface area contributed by atoms with E-state index in [1.807, 2.05) is 11.8 Å². The lowest BCUT2D eigenvalue weighted by atomic mass is 10.0. The van der Waals surface area contributed by atoms with Gasteiger partial charge in [0.15, 0.2) is 0 Å². The van der Waals surface area contributed by atoms with Crippen molar-refractivity contribution in [3.63, 3.8) is 0 Å². The summed E-state index contributed by atoms with van der Waals surface area (Å²) in [6.45, 7) is 0.200. The number of thioether (sulfide) groups is 1. The first-order valence-electron chi connectivity index (χ1n) is 3.26. The molecule has 54 valence electrons. The van der Waals surface area contributed by atoms with Crippen LogP contribution >= 0.6 is 11.8 Å². The zero-order valence-corrected chi connectivity index (χ0v) is 6.16. The molecule has 1 rings (SSSR count). The largest absolute Gasteiger partial charge is 0.328 e. The summed E-state index contributed by atoms with van der Waals surface area (Å²) in [5, 5.41) is 0. The molecule has 0 radical (unpaired) electrons. The molecule has 1 fully saturated rings. The van der Waals surface area contributed by atoms with Gasteiger partial charge in [-0.15, -0.1) is 0 Å². The molecule has 2 N–H and O–H groups in total. The Morgan fingerprint density at radius 2 is 2.56 bits per heavy atom. The number of nitrogens with two attached hydrogens (primary N) is 1. The van der Waals surface area contributed by atoms with Crippen LogP contribution in [0.2, 0.25) is 0 Å². The van der Waals surface area contributed by atoms with E-state index in [-0.39, 0.29) is 12.5 Å². The van der Waals surface area contributed by atoms with Gasteiger partial charge < -0.3 is 5.73 Å². The van der Waals surface area contributed by atoms with Crippen LogP contribution in [0.5, 0.6) is 0 Å². The van der Waals surface area contributed by atoms with Crippen molar-refractivity contribution in [3.05, 3.63) is 0 Å². The van der Waals surface area contributed by atoms with Gasteiger partial charge in [-0.05, 0) is 17.9 Å². The molecule has 1 saturated heterocycles. The van der Waals surface area contributed by atoms with Crippen LogP contribution in [0.3, 0.4) is 0 Å². The first-order valence-corrected chi connectivity index (χ1v) is 4.42. The fourth-order valence-corrected chi connectivity index (χ4v) is 2.34. The summed E-state index contributed by atoms with van der Waals surface area (Å²) in [6.07, 6.45) is 0.267. The molecule has 2 unspecified atom stereocenters. The lowest BCUT2D eigenvalue weighted by Crippen LogP contribution is -2.24. The maximum atomic E-state index is 12.7. The molecule has 1 heterocycles. The van der Waals surface area contributed by atoms with Gasteiger partial charge >= 0.3 is 0 Å². The Balaban J connectivity index is 2.24. The standard InChI is InChI=1S/C6H12FNS/c7-6(3-8)5-1-2-9-4-5/h5-6H,1-4,8H2. The molecule has 0 bridgehead atoms. The number of halogens is 1. The quantitative estimate of drug-likeness (QED) is 0.634. The van der Waals surface area contributed by atoms with Crippen molar-refractivity contribution < 1.29 is 4.39 Å². The third-order valence-electron chi connectivity index (χ3n) is 1.70.